The third-order valence-electron chi connectivity index (χ3n) is 3.85. The molecule has 2 heterocycles. The summed E-state index contributed by atoms with van der Waals surface area (Å²) >= 11 is 0. The molecule has 1 N–H and O–H groups in total. The number of rotatable bonds is 2. The minimum absolute atomic E-state index is 0.305. The molecule has 3 aromatic rings. The van der Waals surface area contributed by atoms with Crippen molar-refractivity contribution in [2.24, 2.45) is 7.05 Å². The minimum atomic E-state index is -0.464. The maximum absolute atomic E-state index is 12.4. The largest absolute Gasteiger partial charge is 0.486 e. The molecule has 1 amide bonds. The zero-order valence-corrected chi connectivity index (χ0v) is 12.9. The molecule has 0 radical (unpaired) electrons. The van der Waals surface area contributed by atoms with Gasteiger partial charge in [0, 0.05) is 24.4 Å². The molecule has 2 aromatic carbocycles. The Hall–Kier alpha value is -3.22. The number of nitrogens with one attached hydrogen (secondary N) is 1. The first-order valence-electron chi connectivity index (χ1n) is 7.42. The van der Waals surface area contributed by atoms with Gasteiger partial charge in [0.2, 0.25) is 0 Å². The first-order chi connectivity index (χ1) is 11.6. The Morgan fingerprint density at radius 1 is 1.08 bits per heavy atom. The second-order valence-corrected chi connectivity index (χ2v) is 5.42. The molecular formula is C17H14N2O5. The van der Waals surface area contributed by atoms with E-state index in [2.05, 4.69) is 5.32 Å². The van der Waals surface area contributed by atoms with Gasteiger partial charge in [0.15, 0.2) is 17.1 Å². The lowest BCUT2D eigenvalue weighted by atomic mass is 10.2. The highest BCUT2D eigenvalue weighted by molar-refractivity contribution is 6.05. The number of hydrogen-bond donors (Lipinski definition) is 1. The highest BCUT2D eigenvalue weighted by Crippen LogP contribution is 2.32. The second-order valence-electron chi connectivity index (χ2n) is 5.42. The van der Waals surface area contributed by atoms with Gasteiger partial charge in [0.05, 0.1) is 5.52 Å². The lowest BCUT2D eigenvalue weighted by Crippen LogP contribution is -2.16. The predicted octanol–water partition coefficient (Wildman–Crippen LogP) is 2.16. The first-order valence-corrected chi connectivity index (χ1v) is 7.42. The van der Waals surface area contributed by atoms with Crippen molar-refractivity contribution in [2.45, 2.75) is 0 Å². The summed E-state index contributed by atoms with van der Waals surface area (Å²) < 4.78 is 17.4. The molecule has 0 atom stereocenters. The SMILES string of the molecule is Cn1c(=O)oc2cc(C(=O)Nc3ccc4c(c3)OCCO4)ccc21. The van der Waals surface area contributed by atoms with Crippen LogP contribution in [0.5, 0.6) is 11.5 Å². The molecule has 0 bridgehead atoms. The van der Waals surface area contributed by atoms with Crippen LogP contribution >= 0.6 is 0 Å². The number of aromatic nitrogens is 1. The molecule has 1 aromatic heterocycles. The molecule has 122 valence electrons. The lowest BCUT2D eigenvalue weighted by molar-refractivity contribution is 0.102. The maximum atomic E-state index is 12.4. The van der Waals surface area contributed by atoms with Gasteiger partial charge in [0.1, 0.15) is 13.2 Å². The Kier molecular flexibility index (Phi) is 3.26. The Morgan fingerprint density at radius 2 is 1.88 bits per heavy atom. The van der Waals surface area contributed by atoms with Crippen LogP contribution in [0.4, 0.5) is 5.69 Å². The molecular weight excluding hydrogens is 312 g/mol. The second kappa shape index (κ2) is 5.45. The Bertz CT molecular complexity index is 1000. The van der Waals surface area contributed by atoms with Crippen molar-refractivity contribution >= 4 is 22.7 Å². The molecule has 1 aliphatic heterocycles. The molecule has 1 aliphatic rings. The highest BCUT2D eigenvalue weighted by atomic mass is 16.6. The van der Waals surface area contributed by atoms with Crippen molar-refractivity contribution in [3.05, 3.63) is 52.5 Å². The molecule has 0 unspecified atom stereocenters. The molecule has 7 heteroatoms. The molecule has 24 heavy (non-hydrogen) atoms. The molecule has 0 fully saturated rings. The maximum Gasteiger partial charge on any atom is 0.419 e. The number of carbonyl (C=O) groups is 1. The molecule has 0 saturated heterocycles. The standard InChI is InChI=1S/C17H14N2O5/c1-19-12-4-2-10(8-14(12)24-17(19)21)16(20)18-11-3-5-13-15(9-11)23-7-6-22-13/h2-5,8-9H,6-7H2,1H3,(H,18,20). The monoisotopic (exact) mass is 326 g/mol. The number of ether oxygens (including phenoxy) is 2. The van der Waals surface area contributed by atoms with Gasteiger partial charge in [-0.25, -0.2) is 4.79 Å². The summed E-state index contributed by atoms with van der Waals surface area (Å²) in [7, 11) is 1.61. The molecule has 0 saturated carbocycles. The summed E-state index contributed by atoms with van der Waals surface area (Å²) in [4.78, 5) is 23.9. The molecule has 7 nitrogen and oxygen atoms in total. The average molecular weight is 326 g/mol. The van der Waals surface area contributed by atoms with Gasteiger partial charge < -0.3 is 19.2 Å². The fourth-order valence-corrected chi connectivity index (χ4v) is 2.60. The Balaban J connectivity index is 1.61. The van der Waals surface area contributed by atoms with Crippen LogP contribution in [0.2, 0.25) is 0 Å². The van der Waals surface area contributed by atoms with Crippen LogP contribution in [-0.2, 0) is 7.05 Å². The van der Waals surface area contributed by atoms with E-state index < -0.39 is 5.76 Å². The fraction of sp³-hybridized carbons (Fsp3) is 0.176. The van der Waals surface area contributed by atoms with Crippen LogP contribution in [-0.4, -0.2) is 23.7 Å². The Morgan fingerprint density at radius 3 is 2.71 bits per heavy atom. The third kappa shape index (κ3) is 2.40. The van der Waals surface area contributed by atoms with Gasteiger partial charge >= 0.3 is 5.76 Å². The summed E-state index contributed by atoms with van der Waals surface area (Å²) in [6.07, 6.45) is 0. The van der Waals surface area contributed by atoms with Crippen LogP contribution in [0, 0.1) is 0 Å². The van der Waals surface area contributed by atoms with E-state index in [-0.39, 0.29) is 5.91 Å². The van der Waals surface area contributed by atoms with Gasteiger partial charge in [-0.15, -0.1) is 0 Å². The van der Waals surface area contributed by atoms with Crippen LogP contribution in [0.3, 0.4) is 0 Å². The number of anilines is 1. The van der Waals surface area contributed by atoms with Crippen LogP contribution in [0.1, 0.15) is 10.4 Å². The minimum Gasteiger partial charge on any atom is -0.486 e. The molecule has 0 spiro atoms. The van der Waals surface area contributed by atoms with Gasteiger partial charge in [-0.1, -0.05) is 0 Å². The predicted molar refractivity (Wildman–Crippen MR) is 86.8 cm³/mol. The number of carbonyl (C=O) groups excluding carboxylic acids is 1. The lowest BCUT2D eigenvalue weighted by Gasteiger charge is -2.19. The normalized spacial score (nSPS) is 13.0. The number of hydrogen-bond acceptors (Lipinski definition) is 5. The van der Waals surface area contributed by atoms with E-state index in [9.17, 15) is 9.59 Å². The van der Waals surface area contributed by atoms with E-state index in [4.69, 9.17) is 13.9 Å². The van der Waals surface area contributed by atoms with E-state index >= 15 is 0 Å². The smallest absolute Gasteiger partial charge is 0.419 e. The summed E-state index contributed by atoms with van der Waals surface area (Å²) in [5, 5.41) is 2.79. The first kappa shape index (κ1) is 14.4. The van der Waals surface area contributed by atoms with Crippen molar-refractivity contribution in [1.82, 2.24) is 4.57 Å². The summed E-state index contributed by atoms with van der Waals surface area (Å²) in [5.41, 5.74) is 2.00. The number of aryl methyl sites for hydroxylation is 1. The van der Waals surface area contributed by atoms with Crippen LogP contribution < -0.4 is 20.5 Å². The van der Waals surface area contributed by atoms with Crippen molar-refractivity contribution in [1.29, 1.82) is 0 Å². The number of fused-ring (bicyclic) bond motifs is 2. The van der Waals surface area contributed by atoms with Crippen LogP contribution in [0.15, 0.2) is 45.6 Å². The van der Waals surface area contributed by atoms with E-state index in [0.29, 0.717) is 47.1 Å². The van der Waals surface area contributed by atoms with E-state index in [0.717, 1.165) is 0 Å². The van der Waals surface area contributed by atoms with Crippen molar-refractivity contribution in [3.8, 4) is 11.5 Å². The van der Waals surface area contributed by atoms with Crippen LogP contribution in [0.25, 0.3) is 11.1 Å². The summed E-state index contributed by atoms with van der Waals surface area (Å²) in [6.45, 7) is 0.995. The molecule has 0 aliphatic carbocycles. The number of oxazole rings is 1. The van der Waals surface area contributed by atoms with Crippen molar-refractivity contribution in [2.75, 3.05) is 18.5 Å². The third-order valence-corrected chi connectivity index (χ3v) is 3.85. The summed E-state index contributed by atoms with van der Waals surface area (Å²) in [6, 6.07) is 10.1. The van der Waals surface area contributed by atoms with Gasteiger partial charge in [0.25, 0.3) is 5.91 Å². The van der Waals surface area contributed by atoms with Gasteiger partial charge in [-0.2, -0.15) is 0 Å². The quantitative estimate of drug-likeness (QED) is 0.780. The van der Waals surface area contributed by atoms with Gasteiger partial charge in [-0.05, 0) is 30.3 Å². The summed E-state index contributed by atoms with van der Waals surface area (Å²) in [5.74, 6) is 0.491. The van der Waals surface area contributed by atoms with Gasteiger partial charge in [-0.3, -0.25) is 9.36 Å². The zero-order chi connectivity index (χ0) is 16.7. The zero-order valence-electron chi connectivity index (χ0n) is 12.9. The van der Waals surface area contributed by atoms with Crippen molar-refractivity contribution < 1.29 is 18.7 Å². The molecule has 4 rings (SSSR count). The van der Waals surface area contributed by atoms with E-state index in [1.54, 1.807) is 43.4 Å². The Labute approximate surface area is 136 Å². The topological polar surface area (TPSA) is 82.7 Å². The number of benzene rings is 2. The fourth-order valence-electron chi connectivity index (χ4n) is 2.60. The van der Waals surface area contributed by atoms with E-state index in [1.807, 2.05) is 0 Å². The van der Waals surface area contributed by atoms with E-state index in [1.165, 1.54) is 4.57 Å². The highest BCUT2D eigenvalue weighted by Gasteiger charge is 2.14. The number of nitrogens with zero attached hydrogens (tertiary/aromatic N) is 1. The average Bonchev–Trinajstić information content (AvgIpc) is 2.88. The number of amides is 1. The van der Waals surface area contributed by atoms with Crippen molar-refractivity contribution in [3.63, 3.8) is 0 Å².